The van der Waals surface area contributed by atoms with E-state index in [2.05, 4.69) is 9.88 Å². The first-order valence-electron chi connectivity index (χ1n) is 11.0. The molecule has 2 aliphatic rings. The highest BCUT2D eigenvalue weighted by atomic mass is 19.1. The van der Waals surface area contributed by atoms with Gasteiger partial charge in [-0.3, -0.25) is 14.7 Å². The summed E-state index contributed by atoms with van der Waals surface area (Å²) in [5.74, 6) is -0.340. The van der Waals surface area contributed by atoms with Crippen molar-refractivity contribution in [2.45, 2.75) is 24.6 Å². The van der Waals surface area contributed by atoms with Crippen LogP contribution in [-0.2, 0) is 22.6 Å². The number of halogens is 1. The summed E-state index contributed by atoms with van der Waals surface area (Å²) >= 11 is 0. The summed E-state index contributed by atoms with van der Waals surface area (Å²) in [6.45, 7) is 3.45. The molecule has 32 heavy (non-hydrogen) atoms. The Labute approximate surface area is 187 Å². The Kier molecular flexibility index (Phi) is 5.72. The molecule has 0 bridgehead atoms. The van der Waals surface area contributed by atoms with Crippen molar-refractivity contribution in [2.24, 2.45) is 0 Å². The van der Waals surface area contributed by atoms with E-state index < -0.39 is 5.60 Å². The number of morpholine rings is 1. The molecule has 2 fully saturated rings. The van der Waals surface area contributed by atoms with Gasteiger partial charge in [-0.1, -0.05) is 48.5 Å². The van der Waals surface area contributed by atoms with E-state index in [-0.39, 0.29) is 17.6 Å². The van der Waals surface area contributed by atoms with Gasteiger partial charge >= 0.3 is 0 Å². The maximum absolute atomic E-state index is 13.9. The van der Waals surface area contributed by atoms with Crippen molar-refractivity contribution in [1.82, 2.24) is 14.8 Å². The van der Waals surface area contributed by atoms with Crippen molar-refractivity contribution in [3.8, 4) is 0 Å². The fourth-order valence-corrected chi connectivity index (χ4v) is 4.92. The van der Waals surface area contributed by atoms with Crippen LogP contribution in [0.5, 0.6) is 0 Å². The van der Waals surface area contributed by atoms with Crippen LogP contribution in [-0.4, -0.2) is 52.5 Å². The summed E-state index contributed by atoms with van der Waals surface area (Å²) in [7, 11) is 0. The van der Waals surface area contributed by atoms with Crippen LogP contribution in [0.15, 0.2) is 79.1 Å². The zero-order valence-corrected chi connectivity index (χ0v) is 17.9. The first-order valence-corrected chi connectivity index (χ1v) is 11.0. The van der Waals surface area contributed by atoms with Crippen molar-refractivity contribution in [2.75, 3.05) is 26.2 Å². The number of benzene rings is 2. The Hall–Kier alpha value is -3.09. The summed E-state index contributed by atoms with van der Waals surface area (Å²) in [5, 5.41) is 0. The lowest BCUT2D eigenvalue weighted by atomic mass is 9.83. The summed E-state index contributed by atoms with van der Waals surface area (Å²) < 4.78 is 19.7. The maximum Gasteiger partial charge on any atom is 0.257 e. The molecule has 3 aromatic rings. The van der Waals surface area contributed by atoms with Crippen LogP contribution >= 0.6 is 0 Å². The number of carbonyl (C=O) groups is 1. The van der Waals surface area contributed by atoms with Crippen LogP contribution in [0.2, 0.25) is 0 Å². The second-order valence-electron chi connectivity index (χ2n) is 8.59. The van der Waals surface area contributed by atoms with Crippen LogP contribution in [0.25, 0.3) is 0 Å². The van der Waals surface area contributed by atoms with Gasteiger partial charge in [0.2, 0.25) is 0 Å². The van der Waals surface area contributed by atoms with E-state index in [0.29, 0.717) is 39.3 Å². The van der Waals surface area contributed by atoms with Crippen molar-refractivity contribution < 1.29 is 13.9 Å². The van der Waals surface area contributed by atoms with Gasteiger partial charge in [0.1, 0.15) is 5.82 Å². The van der Waals surface area contributed by atoms with E-state index in [0.717, 1.165) is 16.7 Å². The molecule has 3 heterocycles. The number of pyridine rings is 1. The van der Waals surface area contributed by atoms with E-state index >= 15 is 0 Å². The molecule has 1 amide bonds. The third-order valence-corrected chi connectivity index (χ3v) is 6.45. The van der Waals surface area contributed by atoms with Gasteiger partial charge in [-0.25, -0.2) is 4.39 Å². The highest BCUT2D eigenvalue weighted by Gasteiger charge is 2.56. The van der Waals surface area contributed by atoms with Crippen LogP contribution in [0.3, 0.4) is 0 Å². The molecule has 6 heteroatoms. The third-order valence-electron chi connectivity index (χ3n) is 6.45. The van der Waals surface area contributed by atoms with Crippen LogP contribution in [0.1, 0.15) is 22.6 Å². The van der Waals surface area contributed by atoms with Crippen LogP contribution in [0.4, 0.5) is 4.39 Å². The van der Waals surface area contributed by atoms with Gasteiger partial charge in [0.25, 0.3) is 5.91 Å². The van der Waals surface area contributed by atoms with Gasteiger partial charge in [0.15, 0.2) is 5.60 Å². The topological polar surface area (TPSA) is 45.7 Å². The molecule has 0 saturated carbocycles. The molecule has 2 aromatic carbocycles. The Morgan fingerprint density at radius 1 is 1.00 bits per heavy atom. The number of likely N-dealkylation sites (tertiary alicyclic amines) is 1. The van der Waals surface area contributed by atoms with E-state index in [1.807, 2.05) is 53.6 Å². The number of carbonyl (C=O) groups excluding carboxylic acids is 1. The Morgan fingerprint density at radius 2 is 1.78 bits per heavy atom. The Bertz CT molecular complexity index is 1060. The third kappa shape index (κ3) is 4.04. The fourth-order valence-electron chi connectivity index (χ4n) is 4.92. The molecule has 1 spiro atoms. The molecular formula is C26H26FN3O2. The summed E-state index contributed by atoms with van der Waals surface area (Å²) in [4.78, 5) is 22.3. The molecule has 2 atom stereocenters. The molecule has 164 valence electrons. The van der Waals surface area contributed by atoms with Gasteiger partial charge in [-0.2, -0.15) is 0 Å². The monoisotopic (exact) mass is 431 g/mol. The first-order chi connectivity index (χ1) is 15.6. The first kappa shape index (κ1) is 20.8. The molecule has 0 N–H and O–H groups in total. The van der Waals surface area contributed by atoms with Crippen molar-refractivity contribution in [3.05, 3.63) is 102 Å². The van der Waals surface area contributed by atoms with Crippen molar-refractivity contribution >= 4 is 5.91 Å². The summed E-state index contributed by atoms with van der Waals surface area (Å²) in [6, 6.07) is 20.5. The lowest BCUT2D eigenvalue weighted by molar-refractivity contribution is -0.173. The molecule has 0 aliphatic carbocycles. The number of hydrogen-bond acceptors (Lipinski definition) is 4. The van der Waals surface area contributed by atoms with Crippen LogP contribution < -0.4 is 0 Å². The standard InChI is InChI=1S/C26H26FN3O2/c27-23-10-8-21(9-11-23)16-29-18-24(22-7-4-12-28-15-22)26(19-29)25(31)30(13-14-32-26)17-20-5-2-1-3-6-20/h1-12,15,24H,13-14,16-19H2. The van der Waals surface area contributed by atoms with Gasteiger partial charge in [0, 0.05) is 51.0 Å². The number of amides is 1. The second-order valence-corrected chi connectivity index (χ2v) is 8.59. The highest BCUT2D eigenvalue weighted by Crippen LogP contribution is 2.42. The lowest BCUT2D eigenvalue weighted by Crippen LogP contribution is -2.59. The van der Waals surface area contributed by atoms with E-state index in [9.17, 15) is 9.18 Å². The summed E-state index contributed by atoms with van der Waals surface area (Å²) in [6.07, 6.45) is 3.58. The predicted molar refractivity (Wildman–Crippen MR) is 119 cm³/mol. The fraction of sp³-hybridized carbons (Fsp3) is 0.308. The van der Waals surface area contributed by atoms with Crippen molar-refractivity contribution in [1.29, 1.82) is 0 Å². The maximum atomic E-state index is 13.9. The molecule has 5 rings (SSSR count). The number of hydrogen-bond donors (Lipinski definition) is 0. The van der Waals surface area contributed by atoms with Crippen molar-refractivity contribution in [3.63, 3.8) is 0 Å². The highest BCUT2D eigenvalue weighted by molar-refractivity contribution is 5.88. The average molecular weight is 432 g/mol. The minimum absolute atomic E-state index is 0.0306. The average Bonchev–Trinajstić information content (AvgIpc) is 3.18. The minimum atomic E-state index is -0.948. The Morgan fingerprint density at radius 3 is 2.53 bits per heavy atom. The number of aromatic nitrogens is 1. The molecule has 2 unspecified atom stereocenters. The lowest BCUT2D eigenvalue weighted by Gasteiger charge is -2.42. The number of ether oxygens (including phenoxy) is 1. The molecule has 2 aliphatic heterocycles. The van der Waals surface area contributed by atoms with Gasteiger partial charge < -0.3 is 9.64 Å². The zero-order valence-electron chi connectivity index (χ0n) is 17.9. The molecule has 2 saturated heterocycles. The normalized spacial score (nSPS) is 23.7. The second kappa shape index (κ2) is 8.81. The Balaban J connectivity index is 1.44. The number of rotatable bonds is 5. The van der Waals surface area contributed by atoms with Gasteiger partial charge in [-0.05, 0) is 34.9 Å². The summed E-state index contributed by atoms with van der Waals surface area (Å²) in [5.41, 5.74) is 2.18. The zero-order chi connectivity index (χ0) is 22.0. The predicted octanol–water partition coefficient (Wildman–Crippen LogP) is 3.62. The minimum Gasteiger partial charge on any atom is -0.361 e. The van der Waals surface area contributed by atoms with E-state index in [1.54, 1.807) is 18.3 Å². The van der Waals surface area contributed by atoms with Gasteiger partial charge in [-0.15, -0.1) is 0 Å². The quantitative estimate of drug-likeness (QED) is 0.619. The molecule has 0 radical (unpaired) electrons. The number of nitrogens with zero attached hydrogens (tertiary/aromatic N) is 3. The van der Waals surface area contributed by atoms with Crippen LogP contribution in [0, 0.1) is 5.82 Å². The van der Waals surface area contributed by atoms with E-state index in [1.165, 1.54) is 12.1 Å². The smallest absolute Gasteiger partial charge is 0.257 e. The largest absolute Gasteiger partial charge is 0.361 e. The molecular weight excluding hydrogens is 405 g/mol. The molecule has 1 aromatic heterocycles. The van der Waals surface area contributed by atoms with E-state index in [4.69, 9.17) is 4.74 Å². The molecule has 5 nitrogen and oxygen atoms in total. The van der Waals surface area contributed by atoms with Gasteiger partial charge in [0.05, 0.1) is 6.61 Å². The SMILES string of the molecule is O=C1N(Cc2ccccc2)CCOC12CN(Cc1ccc(F)cc1)CC2c1cccnc1.